The zero-order chi connectivity index (χ0) is 12.0. The fourth-order valence-electron chi connectivity index (χ4n) is 0.849. The predicted octanol–water partition coefficient (Wildman–Crippen LogP) is 2.52. The average molecular weight is 262 g/mol. The van der Waals surface area contributed by atoms with Gasteiger partial charge >= 0.3 is 5.97 Å². The van der Waals surface area contributed by atoms with E-state index in [-0.39, 0.29) is 6.61 Å². The van der Waals surface area contributed by atoms with Gasteiger partial charge in [0.15, 0.2) is 0 Å². The van der Waals surface area contributed by atoms with E-state index in [0.29, 0.717) is 15.6 Å². The molecule has 0 aliphatic carbocycles. The highest BCUT2D eigenvalue weighted by atomic mass is 35.5. The van der Waals surface area contributed by atoms with Gasteiger partial charge in [0.2, 0.25) is 6.61 Å². The maximum absolute atomic E-state index is 10.7. The van der Waals surface area contributed by atoms with Gasteiger partial charge in [-0.25, -0.2) is 4.79 Å². The van der Waals surface area contributed by atoms with Crippen LogP contribution in [-0.4, -0.2) is 25.9 Å². The summed E-state index contributed by atoms with van der Waals surface area (Å²) in [5, 5.41) is 4.56. The zero-order valence-corrected chi connectivity index (χ0v) is 9.96. The van der Waals surface area contributed by atoms with Crippen molar-refractivity contribution in [3.63, 3.8) is 0 Å². The van der Waals surface area contributed by atoms with Crippen LogP contribution < -0.4 is 0 Å². The van der Waals surface area contributed by atoms with Crippen molar-refractivity contribution >= 4 is 35.4 Å². The lowest BCUT2D eigenvalue weighted by Crippen LogP contribution is -2.07. The summed E-state index contributed by atoms with van der Waals surface area (Å²) in [7, 11) is 1.27. The molecule has 0 N–H and O–H groups in total. The maximum atomic E-state index is 10.7. The van der Waals surface area contributed by atoms with E-state index in [4.69, 9.17) is 23.2 Å². The molecule has 0 heterocycles. The number of benzene rings is 1. The Morgan fingerprint density at radius 2 is 2.25 bits per heavy atom. The van der Waals surface area contributed by atoms with Gasteiger partial charge < -0.3 is 9.57 Å². The monoisotopic (exact) mass is 261 g/mol. The molecule has 1 aromatic rings. The van der Waals surface area contributed by atoms with E-state index < -0.39 is 5.97 Å². The Morgan fingerprint density at radius 3 is 2.88 bits per heavy atom. The van der Waals surface area contributed by atoms with Crippen molar-refractivity contribution in [1.29, 1.82) is 0 Å². The second kappa shape index (κ2) is 6.35. The predicted molar refractivity (Wildman–Crippen MR) is 62.0 cm³/mol. The summed E-state index contributed by atoms with van der Waals surface area (Å²) in [6.07, 6.45) is 1.39. The minimum absolute atomic E-state index is 0.238. The molecule has 1 aromatic carbocycles. The van der Waals surface area contributed by atoms with Gasteiger partial charge in [-0.3, -0.25) is 0 Å². The Kier molecular flexibility index (Phi) is 5.08. The number of rotatable bonds is 4. The smallest absolute Gasteiger partial charge is 0.346 e. The fourth-order valence-corrected chi connectivity index (χ4v) is 1.31. The second-order valence-corrected chi connectivity index (χ2v) is 3.59. The molecule has 0 bridgehead atoms. The number of hydrogen-bond acceptors (Lipinski definition) is 4. The van der Waals surface area contributed by atoms with Gasteiger partial charge in [0.25, 0.3) is 0 Å². The zero-order valence-electron chi connectivity index (χ0n) is 8.44. The number of esters is 1. The number of halogens is 2. The lowest BCUT2D eigenvalue weighted by Gasteiger charge is -1.99. The summed E-state index contributed by atoms with van der Waals surface area (Å²) in [6, 6.07) is 4.95. The number of nitrogens with zero attached hydrogens (tertiary/aromatic N) is 1. The SMILES string of the molecule is COC(=O)CO/N=C\c1ccc(Cl)cc1Cl. The molecule has 0 saturated heterocycles. The van der Waals surface area contributed by atoms with Gasteiger partial charge in [-0.2, -0.15) is 0 Å². The summed E-state index contributed by atoms with van der Waals surface area (Å²) in [6.45, 7) is -0.238. The third kappa shape index (κ3) is 4.08. The van der Waals surface area contributed by atoms with Crippen molar-refractivity contribution in [3.8, 4) is 0 Å². The van der Waals surface area contributed by atoms with Gasteiger partial charge in [-0.15, -0.1) is 0 Å². The first kappa shape index (κ1) is 12.8. The number of ether oxygens (including phenoxy) is 1. The van der Waals surface area contributed by atoms with E-state index in [1.807, 2.05) is 0 Å². The number of methoxy groups -OCH3 is 1. The summed E-state index contributed by atoms with van der Waals surface area (Å²) in [4.78, 5) is 15.3. The van der Waals surface area contributed by atoms with Gasteiger partial charge in [0, 0.05) is 10.6 Å². The van der Waals surface area contributed by atoms with E-state index >= 15 is 0 Å². The Bertz CT molecular complexity index is 407. The van der Waals surface area contributed by atoms with Crippen LogP contribution in [-0.2, 0) is 14.4 Å². The largest absolute Gasteiger partial charge is 0.466 e. The molecule has 0 fully saturated rings. The van der Waals surface area contributed by atoms with Crippen molar-refractivity contribution in [2.75, 3.05) is 13.7 Å². The van der Waals surface area contributed by atoms with E-state index in [2.05, 4.69) is 14.7 Å². The van der Waals surface area contributed by atoms with Gasteiger partial charge in [-0.1, -0.05) is 34.4 Å². The Hall–Kier alpha value is -1.26. The van der Waals surface area contributed by atoms with Crippen LogP contribution in [0.1, 0.15) is 5.56 Å². The Morgan fingerprint density at radius 1 is 1.50 bits per heavy atom. The molecule has 0 radical (unpaired) electrons. The number of carbonyl (C=O) groups excluding carboxylic acids is 1. The standard InChI is InChI=1S/C10H9Cl2NO3/c1-15-10(14)6-16-13-5-7-2-3-8(11)4-9(7)12/h2-5H,6H2,1H3/b13-5-. The minimum Gasteiger partial charge on any atom is -0.466 e. The molecule has 86 valence electrons. The van der Waals surface area contributed by atoms with Crippen LogP contribution in [0.4, 0.5) is 0 Å². The molecular weight excluding hydrogens is 253 g/mol. The van der Waals surface area contributed by atoms with Crippen molar-refractivity contribution < 1.29 is 14.4 Å². The van der Waals surface area contributed by atoms with Crippen LogP contribution >= 0.6 is 23.2 Å². The number of carbonyl (C=O) groups is 1. The molecule has 0 aromatic heterocycles. The van der Waals surface area contributed by atoms with Crippen molar-refractivity contribution in [2.45, 2.75) is 0 Å². The van der Waals surface area contributed by atoms with Crippen LogP contribution in [0.3, 0.4) is 0 Å². The van der Waals surface area contributed by atoms with Crippen molar-refractivity contribution in [2.24, 2.45) is 5.16 Å². The van der Waals surface area contributed by atoms with Crippen LogP contribution in [0, 0.1) is 0 Å². The third-order valence-corrected chi connectivity index (χ3v) is 2.20. The maximum Gasteiger partial charge on any atom is 0.346 e. The number of hydrogen-bond donors (Lipinski definition) is 0. The summed E-state index contributed by atoms with van der Waals surface area (Å²) < 4.78 is 4.36. The third-order valence-electron chi connectivity index (χ3n) is 1.64. The van der Waals surface area contributed by atoms with E-state index in [1.54, 1.807) is 18.2 Å². The van der Waals surface area contributed by atoms with E-state index in [9.17, 15) is 4.79 Å². The highest BCUT2D eigenvalue weighted by Crippen LogP contribution is 2.19. The van der Waals surface area contributed by atoms with Gasteiger partial charge in [-0.05, 0) is 12.1 Å². The quantitative estimate of drug-likeness (QED) is 0.476. The summed E-state index contributed by atoms with van der Waals surface area (Å²) >= 11 is 11.6. The topological polar surface area (TPSA) is 47.9 Å². The minimum atomic E-state index is -0.501. The second-order valence-electron chi connectivity index (χ2n) is 2.75. The highest BCUT2D eigenvalue weighted by molar-refractivity contribution is 6.36. The lowest BCUT2D eigenvalue weighted by molar-refractivity contribution is -0.145. The van der Waals surface area contributed by atoms with Crippen LogP contribution in [0.2, 0.25) is 10.0 Å². The molecule has 16 heavy (non-hydrogen) atoms. The first-order valence-electron chi connectivity index (χ1n) is 4.30. The average Bonchev–Trinajstić information content (AvgIpc) is 2.26. The Labute approximate surface area is 103 Å². The molecule has 0 amide bonds. The molecule has 0 saturated carbocycles. The van der Waals surface area contributed by atoms with E-state index in [0.717, 1.165) is 0 Å². The molecule has 1 rings (SSSR count). The Balaban J connectivity index is 2.53. The summed E-state index contributed by atoms with van der Waals surface area (Å²) in [5.41, 5.74) is 0.649. The van der Waals surface area contributed by atoms with Crippen molar-refractivity contribution in [3.05, 3.63) is 33.8 Å². The fraction of sp³-hybridized carbons (Fsp3) is 0.200. The molecule has 0 aliphatic heterocycles. The van der Waals surface area contributed by atoms with Crippen molar-refractivity contribution in [1.82, 2.24) is 0 Å². The first-order chi connectivity index (χ1) is 7.63. The van der Waals surface area contributed by atoms with Gasteiger partial charge in [0.1, 0.15) is 0 Å². The lowest BCUT2D eigenvalue weighted by atomic mass is 10.2. The van der Waals surface area contributed by atoms with Gasteiger partial charge in [0.05, 0.1) is 18.3 Å². The molecule has 4 nitrogen and oxygen atoms in total. The molecule has 0 unspecified atom stereocenters. The molecular formula is C10H9Cl2NO3. The normalized spacial score (nSPS) is 10.4. The molecule has 0 atom stereocenters. The van der Waals surface area contributed by atoms with Crippen LogP contribution in [0.5, 0.6) is 0 Å². The molecule has 0 aliphatic rings. The van der Waals surface area contributed by atoms with Crippen LogP contribution in [0.15, 0.2) is 23.4 Å². The number of oxime groups is 1. The summed E-state index contributed by atoms with van der Waals surface area (Å²) in [5.74, 6) is -0.501. The molecule has 0 spiro atoms. The first-order valence-corrected chi connectivity index (χ1v) is 5.06. The molecule has 6 heteroatoms. The highest BCUT2D eigenvalue weighted by Gasteiger charge is 2.00. The van der Waals surface area contributed by atoms with Crippen LogP contribution in [0.25, 0.3) is 0 Å². The van der Waals surface area contributed by atoms with E-state index in [1.165, 1.54) is 13.3 Å².